The van der Waals surface area contributed by atoms with Gasteiger partial charge in [-0.3, -0.25) is 14.4 Å². The van der Waals surface area contributed by atoms with Crippen molar-refractivity contribution in [3.05, 3.63) is 65.2 Å². The molecule has 0 aliphatic carbocycles. The molecular formula is C22H23N5O4. The molecule has 1 atom stereocenters. The number of nitrogens with zero attached hydrogens (tertiary/aromatic N) is 3. The summed E-state index contributed by atoms with van der Waals surface area (Å²) in [7, 11) is 1.50. The van der Waals surface area contributed by atoms with E-state index in [1.54, 1.807) is 24.3 Å². The summed E-state index contributed by atoms with van der Waals surface area (Å²) in [5, 5.41) is 11.6. The van der Waals surface area contributed by atoms with Gasteiger partial charge >= 0.3 is 0 Å². The van der Waals surface area contributed by atoms with E-state index in [-0.39, 0.29) is 32.1 Å². The van der Waals surface area contributed by atoms with Crippen LogP contribution in [0.5, 0.6) is 5.75 Å². The summed E-state index contributed by atoms with van der Waals surface area (Å²) in [5.41, 5.74) is 6.59. The van der Waals surface area contributed by atoms with Crippen molar-refractivity contribution in [2.24, 2.45) is 5.73 Å². The number of methoxy groups -OCH3 is 1. The normalized spacial score (nSPS) is 15.3. The molecule has 1 heterocycles. The van der Waals surface area contributed by atoms with Gasteiger partial charge in [0.1, 0.15) is 5.75 Å². The smallest absolute Gasteiger partial charge is 0.263 e. The average Bonchev–Trinajstić information content (AvgIpc) is 3.26. The summed E-state index contributed by atoms with van der Waals surface area (Å²) in [6, 6.07) is 14.7. The van der Waals surface area contributed by atoms with Crippen LogP contribution < -0.4 is 15.8 Å². The fourth-order valence-corrected chi connectivity index (χ4v) is 3.40. The molecule has 0 radical (unpaired) electrons. The Morgan fingerprint density at radius 1 is 1.10 bits per heavy atom. The van der Waals surface area contributed by atoms with E-state index in [2.05, 4.69) is 5.32 Å². The van der Waals surface area contributed by atoms with E-state index in [0.717, 1.165) is 0 Å². The predicted molar refractivity (Wildman–Crippen MR) is 112 cm³/mol. The second-order valence-electron chi connectivity index (χ2n) is 6.87. The Bertz CT molecular complexity index is 1020. The van der Waals surface area contributed by atoms with Crippen molar-refractivity contribution in [2.75, 3.05) is 33.3 Å². The Morgan fingerprint density at radius 3 is 2.32 bits per heavy atom. The number of rotatable bonds is 6. The van der Waals surface area contributed by atoms with Crippen LogP contribution in [0.15, 0.2) is 48.5 Å². The first-order valence-corrected chi connectivity index (χ1v) is 9.74. The molecule has 3 amide bonds. The fourth-order valence-electron chi connectivity index (χ4n) is 3.40. The molecule has 0 saturated carbocycles. The lowest BCUT2D eigenvalue weighted by molar-refractivity contribution is -0.128. The van der Waals surface area contributed by atoms with Crippen LogP contribution in [-0.4, -0.2) is 67.0 Å². The predicted octanol–water partition coefficient (Wildman–Crippen LogP) is 0.566. The van der Waals surface area contributed by atoms with Crippen molar-refractivity contribution in [1.29, 1.82) is 5.26 Å². The van der Waals surface area contributed by atoms with Crippen molar-refractivity contribution in [1.82, 2.24) is 15.1 Å². The number of carbonyl (C=O) groups is 3. The minimum Gasteiger partial charge on any atom is -0.497 e. The van der Waals surface area contributed by atoms with Gasteiger partial charge in [0, 0.05) is 37.3 Å². The summed E-state index contributed by atoms with van der Waals surface area (Å²) in [5.74, 6) is -0.763. The Labute approximate surface area is 180 Å². The van der Waals surface area contributed by atoms with Gasteiger partial charge < -0.3 is 25.6 Å². The minimum absolute atomic E-state index is 0.190. The monoisotopic (exact) mass is 421 g/mol. The van der Waals surface area contributed by atoms with Crippen LogP contribution >= 0.6 is 0 Å². The van der Waals surface area contributed by atoms with Gasteiger partial charge in [-0.2, -0.15) is 5.26 Å². The van der Waals surface area contributed by atoms with Crippen molar-refractivity contribution >= 4 is 17.7 Å². The molecule has 1 aliphatic rings. The molecule has 1 saturated heterocycles. The maximum atomic E-state index is 13.2. The quantitative estimate of drug-likeness (QED) is 0.702. The first-order chi connectivity index (χ1) is 15.0. The minimum atomic E-state index is -1.12. The van der Waals surface area contributed by atoms with Crippen LogP contribution in [0, 0.1) is 11.3 Å². The number of carbonyl (C=O) groups excluding carboxylic acids is 3. The first kappa shape index (κ1) is 21.8. The van der Waals surface area contributed by atoms with E-state index in [1.807, 2.05) is 6.07 Å². The number of nitrogens with two attached hydrogens (primary N) is 1. The molecule has 1 aliphatic heterocycles. The second kappa shape index (κ2) is 9.73. The standard InChI is InChI=1S/C22H23N5O4/c1-31-18-4-2-3-17(13-18)22(30)27-12-11-26(20(27)19(28)25-10-9-23)21(29)16-7-5-15(14-24)6-8-16/h2-8,13,20H,9-12,23H2,1H3,(H,25,28). The summed E-state index contributed by atoms with van der Waals surface area (Å²) in [6.45, 7) is 0.829. The lowest BCUT2D eigenvalue weighted by Gasteiger charge is -2.29. The average molecular weight is 421 g/mol. The Hall–Kier alpha value is -3.90. The highest BCUT2D eigenvalue weighted by Gasteiger charge is 2.43. The van der Waals surface area contributed by atoms with E-state index in [1.165, 1.54) is 41.2 Å². The molecular weight excluding hydrogens is 398 g/mol. The topological polar surface area (TPSA) is 129 Å². The molecule has 3 N–H and O–H groups in total. The molecule has 2 aromatic rings. The van der Waals surface area contributed by atoms with Gasteiger partial charge in [-0.05, 0) is 42.5 Å². The number of benzene rings is 2. The highest BCUT2D eigenvalue weighted by Crippen LogP contribution is 2.23. The number of nitriles is 1. The molecule has 9 heteroatoms. The SMILES string of the molecule is COc1cccc(C(=O)N2CCN(C(=O)c3ccc(C#N)cc3)C2C(=O)NCCN)c1. The van der Waals surface area contributed by atoms with Crippen molar-refractivity contribution in [3.63, 3.8) is 0 Å². The maximum Gasteiger partial charge on any atom is 0.263 e. The second-order valence-corrected chi connectivity index (χ2v) is 6.87. The van der Waals surface area contributed by atoms with Gasteiger partial charge in [0.25, 0.3) is 17.7 Å². The van der Waals surface area contributed by atoms with Gasteiger partial charge in [-0.25, -0.2) is 0 Å². The van der Waals surface area contributed by atoms with Crippen LogP contribution in [0.3, 0.4) is 0 Å². The van der Waals surface area contributed by atoms with Gasteiger partial charge in [0.15, 0.2) is 6.17 Å². The number of ether oxygens (including phenoxy) is 1. The van der Waals surface area contributed by atoms with Crippen LogP contribution in [0.4, 0.5) is 0 Å². The Balaban J connectivity index is 1.90. The molecule has 0 aromatic heterocycles. The highest BCUT2D eigenvalue weighted by molar-refractivity contribution is 6.02. The molecule has 0 bridgehead atoms. The molecule has 3 rings (SSSR count). The van der Waals surface area contributed by atoms with Crippen molar-refractivity contribution in [2.45, 2.75) is 6.17 Å². The molecule has 160 valence electrons. The van der Waals surface area contributed by atoms with Crippen molar-refractivity contribution in [3.8, 4) is 11.8 Å². The first-order valence-electron chi connectivity index (χ1n) is 9.74. The third kappa shape index (κ3) is 4.65. The number of nitrogens with one attached hydrogen (secondary N) is 1. The fraction of sp³-hybridized carbons (Fsp3) is 0.273. The van der Waals surface area contributed by atoms with Gasteiger partial charge in [0.2, 0.25) is 0 Å². The largest absolute Gasteiger partial charge is 0.497 e. The Kier molecular flexibility index (Phi) is 6.85. The van der Waals surface area contributed by atoms with E-state index in [0.29, 0.717) is 22.4 Å². The van der Waals surface area contributed by atoms with Crippen molar-refractivity contribution < 1.29 is 19.1 Å². The van der Waals surface area contributed by atoms with Crippen LogP contribution in [0.1, 0.15) is 26.3 Å². The molecule has 0 spiro atoms. The van der Waals surface area contributed by atoms with Crippen LogP contribution in [0.25, 0.3) is 0 Å². The third-order valence-electron chi connectivity index (χ3n) is 4.95. The van der Waals surface area contributed by atoms with E-state index in [4.69, 9.17) is 15.7 Å². The van der Waals surface area contributed by atoms with Gasteiger partial charge in [-0.15, -0.1) is 0 Å². The third-order valence-corrected chi connectivity index (χ3v) is 4.95. The number of hydrogen-bond acceptors (Lipinski definition) is 6. The summed E-state index contributed by atoms with van der Waals surface area (Å²) < 4.78 is 5.18. The molecule has 31 heavy (non-hydrogen) atoms. The number of amides is 3. The Morgan fingerprint density at radius 2 is 1.74 bits per heavy atom. The lowest BCUT2D eigenvalue weighted by Crippen LogP contribution is -2.54. The zero-order chi connectivity index (χ0) is 22.4. The van der Waals surface area contributed by atoms with Crippen LogP contribution in [0.2, 0.25) is 0 Å². The zero-order valence-corrected chi connectivity index (χ0v) is 17.1. The molecule has 2 aromatic carbocycles. The van der Waals surface area contributed by atoms with E-state index < -0.39 is 18.0 Å². The van der Waals surface area contributed by atoms with Gasteiger partial charge in [0.05, 0.1) is 18.7 Å². The highest BCUT2D eigenvalue weighted by atomic mass is 16.5. The van der Waals surface area contributed by atoms with E-state index in [9.17, 15) is 14.4 Å². The summed E-state index contributed by atoms with van der Waals surface area (Å²) in [6.07, 6.45) is -1.12. The van der Waals surface area contributed by atoms with Crippen LogP contribution in [-0.2, 0) is 4.79 Å². The lowest BCUT2D eigenvalue weighted by atomic mass is 10.1. The molecule has 9 nitrogen and oxygen atoms in total. The van der Waals surface area contributed by atoms with E-state index >= 15 is 0 Å². The summed E-state index contributed by atoms with van der Waals surface area (Å²) in [4.78, 5) is 41.9. The summed E-state index contributed by atoms with van der Waals surface area (Å²) >= 11 is 0. The molecule has 1 unspecified atom stereocenters. The van der Waals surface area contributed by atoms with Gasteiger partial charge in [-0.1, -0.05) is 6.07 Å². The number of hydrogen-bond donors (Lipinski definition) is 2. The zero-order valence-electron chi connectivity index (χ0n) is 17.1. The molecule has 1 fully saturated rings. The maximum absolute atomic E-state index is 13.2.